The molecule has 2 N–H and O–H groups in total. The lowest BCUT2D eigenvalue weighted by Gasteiger charge is -2.14. The Bertz CT molecular complexity index is 1620. The first-order chi connectivity index (χ1) is 17.6. The van der Waals surface area contributed by atoms with Crippen LogP contribution in [0.4, 0.5) is 20.7 Å². The molecule has 0 aliphatic carbocycles. The zero-order valence-electron chi connectivity index (χ0n) is 20.8. The molecule has 5 aromatic rings. The molecule has 3 aromatic heterocycles. The zero-order chi connectivity index (χ0) is 26.3. The van der Waals surface area contributed by atoms with Gasteiger partial charge in [0.25, 0.3) is 0 Å². The fourth-order valence-corrected chi connectivity index (χ4v) is 4.09. The van der Waals surface area contributed by atoms with Gasteiger partial charge in [-0.05, 0) is 42.0 Å². The van der Waals surface area contributed by atoms with Crippen molar-refractivity contribution in [1.29, 1.82) is 0 Å². The second-order valence-electron chi connectivity index (χ2n) is 9.71. The number of hydrogen-bond donors (Lipinski definition) is 2. The van der Waals surface area contributed by atoms with Gasteiger partial charge in [-0.3, -0.25) is 15.0 Å². The van der Waals surface area contributed by atoms with Gasteiger partial charge in [0.05, 0.1) is 35.0 Å². The van der Waals surface area contributed by atoms with E-state index in [4.69, 9.17) is 11.6 Å². The summed E-state index contributed by atoms with van der Waals surface area (Å²) in [6.45, 7) is 6.09. The molecule has 0 saturated heterocycles. The van der Waals surface area contributed by atoms with Crippen LogP contribution in [0, 0.1) is 5.82 Å². The van der Waals surface area contributed by atoms with Crippen molar-refractivity contribution in [1.82, 2.24) is 24.5 Å². The highest BCUT2D eigenvalue weighted by Gasteiger charge is 2.22. The van der Waals surface area contributed by atoms with Crippen LogP contribution in [0.3, 0.4) is 0 Å². The lowest BCUT2D eigenvalue weighted by molar-refractivity contribution is 0.262. The van der Waals surface area contributed by atoms with E-state index in [1.165, 1.54) is 12.1 Å². The predicted molar refractivity (Wildman–Crippen MR) is 144 cm³/mol. The molecule has 0 bridgehead atoms. The molecule has 2 aromatic carbocycles. The van der Waals surface area contributed by atoms with Crippen molar-refractivity contribution in [2.45, 2.75) is 26.2 Å². The Labute approximate surface area is 218 Å². The maximum atomic E-state index is 15.1. The van der Waals surface area contributed by atoms with E-state index in [0.29, 0.717) is 16.4 Å². The van der Waals surface area contributed by atoms with Crippen LogP contribution in [-0.2, 0) is 12.5 Å². The number of amides is 2. The number of carbonyl (C=O) groups is 1. The summed E-state index contributed by atoms with van der Waals surface area (Å²) in [7, 11) is 1.82. The summed E-state index contributed by atoms with van der Waals surface area (Å²) < 4.78 is 18.4. The number of aromatic nitrogens is 5. The van der Waals surface area contributed by atoms with Crippen molar-refractivity contribution >= 4 is 40.0 Å². The van der Waals surface area contributed by atoms with E-state index in [-0.39, 0.29) is 11.1 Å². The molecule has 8 nitrogen and oxygen atoms in total. The Morgan fingerprint density at radius 3 is 2.46 bits per heavy atom. The molecule has 3 heterocycles. The first-order valence-corrected chi connectivity index (χ1v) is 12.0. The van der Waals surface area contributed by atoms with E-state index in [9.17, 15) is 4.79 Å². The molecule has 0 spiro atoms. The number of aryl methyl sites for hydroxylation is 1. The number of anilines is 2. The highest BCUT2D eigenvalue weighted by Crippen LogP contribution is 2.30. The molecule has 10 heteroatoms. The summed E-state index contributed by atoms with van der Waals surface area (Å²) in [5.74, 6) is -0.133. The average molecular weight is 518 g/mol. The second kappa shape index (κ2) is 9.33. The predicted octanol–water partition coefficient (Wildman–Crippen LogP) is 6.56. The number of halogens is 2. The van der Waals surface area contributed by atoms with E-state index in [2.05, 4.69) is 25.8 Å². The highest BCUT2D eigenvalue weighted by molar-refractivity contribution is 6.30. The quantitative estimate of drug-likeness (QED) is 0.282. The topological polar surface area (TPSA) is 89.7 Å². The van der Waals surface area contributed by atoms with E-state index in [1.54, 1.807) is 64.4 Å². The van der Waals surface area contributed by atoms with Crippen molar-refractivity contribution in [3.05, 3.63) is 83.7 Å². The van der Waals surface area contributed by atoms with Crippen molar-refractivity contribution in [2.24, 2.45) is 7.05 Å². The van der Waals surface area contributed by atoms with Gasteiger partial charge in [-0.15, -0.1) is 0 Å². The molecule has 0 unspecified atom stereocenters. The van der Waals surface area contributed by atoms with Crippen molar-refractivity contribution in [3.63, 3.8) is 0 Å². The maximum absolute atomic E-state index is 15.1. The van der Waals surface area contributed by atoms with E-state index in [0.717, 1.165) is 27.8 Å². The van der Waals surface area contributed by atoms with Gasteiger partial charge in [-0.25, -0.2) is 13.9 Å². The summed E-state index contributed by atoms with van der Waals surface area (Å²) in [6.07, 6.45) is 5.10. The third kappa shape index (κ3) is 4.90. The third-order valence-electron chi connectivity index (χ3n) is 5.99. The van der Waals surface area contributed by atoms with Crippen LogP contribution in [0.25, 0.3) is 27.7 Å². The first-order valence-electron chi connectivity index (χ1n) is 11.6. The Hall–Kier alpha value is -4.24. The highest BCUT2D eigenvalue weighted by atomic mass is 35.5. The molecule has 0 saturated carbocycles. The maximum Gasteiger partial charge on any atom is 0.324 e. The third-order valence-corrected chi connectivity index (χ3v) is 6.25. The summed E-state index contributed by atoms with van der Waals surface area (Å²) in [5.41, 5.74) is 3.52. The minimum atomic E-state index is -0.599. The monoisotopic (exact) mass is 517 g/mol. The minimum absolute atomic E-state index is 0.0428. The number of rotatable bonds is 4. The van der Waals surface area contributed by atoms with Crippen LogP contribution >= 0.6 is 11.6 Å². The average Bonchev–Trinajstić information content (AvgIpc) is 3.45. The molecule has 0 fully saturated rings. The lowest BCUT2D eigenvalue weighted by atomic mass is 9.92. The van der Waals surface area contributed by atoms with Crippen molar-refractivity contribution < 1.29 is 9.18 Å². The van der Waals surface area contributed by atoms with Gasteiger partial charge < -0.3 is 5.32 Å². The summed E-state index contributed by atoms with van der Waals surface area (Å²) in [6, 6.07) is 12.9. The van der Waals surface area contributed by atoms with Gasteiger partial charge >= 0.3 is 6.03 Å². The van der Waals surface area contributed by atoms with E-state index < -0.39 is 11.8 Å². The molecule has 0 aliphatic heterocycles. The normalized spacial score (nSPS) is 11.6. The number of nitrogens with zero attached hydrogens (tertiary/aromatic N) is 5. The number of urea groups is 1. The summed E-state index contributed by atoms with van der Waals surface area (Å²) >= 11 is 6.03. The number of fused-ring (bicyclic) bond motifs is 1. The molecule has 2 amide bonds. The molecule has 0 aliphatic rings. The second-order valence-corrected chi connectivity index (χ2v) is 10.2. The van der Waals surface area contributed by atoms with Crippen LogP contribution in [0.2, 0.25) is 5.02 Å². The van der Waals surface area contributed by atoms with Crippen molar-refractivity contribution in [2.75, 3.05) is 10.6 Å². The summed E-state index contributed by atoms with van der Waals surface area (Å²) in [5, 5.41) is 15.8. The number of carbonyl (C=O) groups excluding carboxylic acids is 1. The Kier molecular flexibility index (Phi) is 6.16. The molecule has 0 atom stereocenters. The largest absolute Gasteiger partial charge is 0.324 e. The summed E-state index contributed by atoms with van der Waals surface area (Å²) in [4.78, 5) is 17.1. The van der Waals surface area contributed by atoms with Crippen LogP contribution in [-0.4, -0.2) is 30.6 Å². The van der Waals surface area contributed by atoms with E-state index >= 15 is 4.39 Å². The van der Waals surface area contributed by atoms with Gasteiger partial charge in [-0.1, -0.05) is 38.4 Å². The Balaban J connectivity index is 1.40. The van der Waals surface area contributed by atoms with Gasteiger partial charge in [0.1, 0.15) is 11.6 Å². The van der Waals surface area contributed by atoms with E-state index in [1.807, 2.05) is 27.8 Å². The standard InChI is InChI=1S/C27H25ClFN7O/c1-27(2,3)24-12-25(36(34-24)18-8-6-17(28)7-9-18)33-26(37)32-22-10-5-16(11-21(22)29)19-13-30-15-23-20(19)14-31-35(23)4/h5-15H,1-4H3,(H2,32,33,37). The van der Waals surface area contributed by atoms with Crippen LogP contribution in [0.15, 0.2) is 67.1 Å². The van der Waals surface area contributed by atoms with Gasteiger partial charge in [0.2, 0.25) is 0 Å². The number of pyridine rings is 1. The van der Waals surface area contributed by atoms with Crippen LogP contribution in [0.1, 0.15) is 26.5 Å². The molecule has 0 radical (unpaired) electrons. The SMILES string of the molecule is Cn1ncc2c(-c3ccc(NC(=O)Nc4cc(C(C)(C)C)nn4-c4ccc(Cl)cc4)c(F)c3)cncc21. The number of hydrogen-bond acceptors (Lipinski definition) is 4. The zero-order valence-corrected chi connectivity index (χ0v) is 21.5. The number of nitrogens with one attached hydrogen (secondary N) is 2. The first kappa shape index (κ1) is 24.5. The molecule has 37 heavy (non-hydrogen) atoms. The molecular formula is C27H25ClFN7O. The van der Waals surface area contributed by atoms with Crippen molar-refractivity contribution in [3.8, 4) is 16.8 Å². The molecule has 188 valence electrons. The van der Waals surface area contributed by atoms with Crippen LogP contribution in [0.5, 0.6) is 0 Å². The Morgan fingerprint density at radius 1 is 1.00 bits per heavy atom. The lowest BCUT2D eigenvalue weighted by Crippen LogP contribution is -2.22. The smallest absolute Gasteiger partial charge is 0.305 e. The Morgan fingerprint density at radius 2 is 1.76 bits per heavy atom. The minimum Gasteiger partial charge on any atom is -0.305 e. The molecule has 5 rings (SSSR count). The number of benzene rings is 2. The van der Waals surface area contributed by atoms with Crippen LogP contribution < -0.4 is 10.6 Å². The fourth-order valence-electron chi connectivity index (χ4n) is 3.96. The van der Waals surface area contributed by atoms with Gasteiger partial charge in [-0.2, -0.15) is 10.2 Å². The van der Waals surface area contributed by atoms with Gasteiger partial charge in [0.15, 0.2) is 0 Å². The fraction of sp³-hybridized carbons (Fsp3) is 0.185. The van der Waals surface area contributed by atoms with Gasteiger partial charge in [0, 0.05) is 40.7 Å². The molecular weight excluding hydrogens is 493 g/mol.